The van der Waals surface area contributed by atoms with E-state index in [9.17, 15) is 16.8 Å². The second kappa shape index (κ2) is 5.87. The predicted molar refractivity (Wildman–Crippen MR) is 70.1 cm³/mol. The molecule has 0 aromatic heterocycles. The van der Waals surface area contributed by atoms with Crippen molar-refractivity contribution in [3.8, 4) is 0 Å². The Bertz CT molecular complexity index is 596. The van der Waals surface area contributed by atoms with E-state index in [1.165, 1.54) is 0 Å². The molecule has 0 aliphatic heterocycles. The van der Waals surface area contributed by atoms with E-state index in [4.69, 9.17) is 5.73 Å². The van der Waals surface area contributed by atoms with Crippen molar-refractivity contribution in [2.75, 3.05) is 18.2 Å². The van der Waals surface area contributed by atoms with E-state index in [-0.39, 0.29) is 18.9 Å². The highest BCUT2D eigenvalue weighted by Crippen LogP contribution is 2.20. The van der Waals surface area contributed by atoms with Gasteiger partial charge in [0.15, 0.2) is 0 Å². The molecule has 0 radical (unpaired) electrons. The van der Waals surface area contributed by atoms with Crippen LogP contribution in [0.1, 0.15) is 11.1 Å². The summed E-state index contributed by atoms with van der Waals surface area (Å²) >= 11 is 0. The number of nitrogens with two attached hydrogens (primary N) is 1. The molecular weight excluding hydrogens is 294 g/mol. The Morgan fingerprint density at radius 2 is 1.32 bits per heavy atom. The number of benzene rings is 1. The lowest BCUT2D eigenvalue weighted by Crippen LogP contribution is -2.08. The van der Waals surface area contributed by atoms with Crippen molar-refractivity contribution in [2.24, 2.45) is 0 Å². The second-order valence-corrected chi connectivity index (χ2v) is 7.21. The van der Waals surface area contributed by atoms with E-state index < -0.39 is 20.2 Å². The van der Waals surface area contributed by atoms with Gasteiger partial charge in [-0.05, 0) is 0 Å². The average molecular weight is 309 g/mol. The Kier molecular flexibility index (Phi) is 4.91. The Balaban J connectivity index is 2.86. The lowest BCUT2D eigenvalue weighted by molar-refractivity contribution is 0.308. The maximum atomic E-state index is 10.9. The predicted octanol–water partition coefficient (Wildman–Crippen LogP) is 0.221. The molecule has 2 N–H and O–H groups in total. The van der Waals surface area contributed by atoms with Crippen molar-refractivity contribution in [1.82, 2.24) is 0 Å². The first-order valence-corrected chi connectivity index (χ1v) is 8.77. The van der Waals surface area contributed by atoms with Crippen LogP contribution >= 0.6 is 0 Å². The smallest absolute Gasteiger partial charge is 0.264 e. The molecule has 0 fully saturated rings. The summed E-state index contributed by atoms with van der Waals surface area (Å²) in [5.41, 5.74) is 6.93. The third-order valence-electron chi connectivity index (χ3n) is 2.14. The quantitative estimate of drug-likeness (QED) is 0.590. The van der Waals surface area contributed by atoms with Crippen LogP contribution in [0.25, 0.3) is 0 Å². The first-order valence-electron chi connectivity index (χ1n) is 5.13. The summed E-state index contributed by atoms with van der Waals surface area (Å²) in [4.78, 5) is 0. The third kappa shape index (κ3) is 6.01. The normalized spacial score (nSPS) is 12.5. The van der Waals surface area contributed by atoms with Crippen molar-refractivity contribution in [3.05, 3.63) is 29.3 Å². The standard InChI is InChI=1S/C10H15NO6S2/c1-18(12,13)16-6-8-4-3-5-9(10(8)11)7-17-19(2,14)15/h3-5H,6-7,11H2,1-2H3. The van der Waals surface area contributed by atoms with E-state index in [1.54, 1.807) is 18.2 Å². The summed E-state index contributed by atoms with van der Waals surface area (Å²) in [5, 5.41) is 0. The monoisotopic (exact) mass is 309 g/mol. The maximum Gasteiger partial charge on any atom is 0.264 e. The summed E-state index contributed by atoms with van der Waals surface area (Å²) in [6, 6.07) is 4.78. The fourth-order valence-corrected chi connectivity index (χ4v) is 1.94. The minimum absolute atomic E-state index is 0.211. The fraction of sp³-hybridized carbons (Fsp3) is 0.400. The molecule has 0 spiro atoms. The van der Waals surface area contributed by atoms with E-state index in [1.807, 2.05) is 0 Å². The number of anilines is 1. The number of para-hydroxylation sites is 1. The molecular formula is C10H15NO6S2. The molecule has 7 nitrogen and oxygen atoms in total. The first kappa shape index (κ1) is 15.9. The van der Waals surface area contributed by atoms with Gasteiger partial charge in [-0.2, -0.15) is 16.8 Å². The van der Waals surface area contributed by atoms with Gasteiger partial charge in [-0.1, -0.05) is 18.2 Å². The second-order valence-electron chi connectivity index (χ2n) is 3.92. The zero-order valence-electron chi connectivity index (χ0n) is 10.5. The average Bonchev–Trinajstić information content (AvgIpc) is 2.23. The summed E-state index contributed by atoms with van der Waals surface area (Å²) in [6.45, 7) is -0.422. The third-order valence-corrected chi connectivity index (χ3v) is 3.24. The van der Waals surface area contributed by atoms with Crippen LogP contribution < -0.4 is 5.73 Å². The minimum Gasteiger partial charge on any atom is -0.398 e. The van der Waals surface area contributed by atoms with Crippen molar-refractivity contribution >= 4 is 25.9 Å². The topological polar surface area (TPSA) is 113 Å². The molecule has 0 aliphatic rings. The summed E-state index contributed by atoms with van der Waals surface area (Å²) in [7, 11) is -7.14. The van der Waals surface area contributed by atoms with E-state index >= 15 is 0 Å². The largest absolute Gasteiger partial charge is 0.398 e. The summed E-state index contributed by atoms with van der Waals surface area (Å²) < 4.78 is 52.8. The lowest BCUT2D eigenvalue weighted by atomic mass is 10.1. The van der Waals surface area contributed by atoms with Crippen LogP contribution in [0.3, 0.4) is 0 Å². The van der Waals surface area contributed by atoms with Crippen molar-refractivity contribution < 1.29 is 25.2 Å². The number of rotatable bonds is 6. The Hall–Kier alpha value is -1.16. The molecule has 0 amide bonds. The molecule has 0 saturated heterocycles. The molecule has 0 bridgehead atoms. The molecule has 9 heteroatoms. The molecule has 1 aromatic carbocycles. The molecule has 19 heavy (non-hydrogen) atoms. The molecule has 1 aromatic rings. The molecule has 0 aliphatic carbocycles. The minimum atomic E-state index is -3.57. The number of hydrogen-bond donors (Lipinski definition) is 1. The van der Waals surface area contributed by atoms with Crippen molar-refractivity contribution in [3.63, 3.8) is 0 Å². The van der Waals surface area contributed by atoms with Gasteiger partial charge in [0.25, 0.3) is 20.2 Å². The van der Waals surface area contributed by atoms with Gasteiger partial charge in [-0.3, -0.25) is 8.37 Å². The molecule has 0 heterocycles. The van der Waals surface area contributed by atoms with Crippen LogP contribution in [0.2, 0.25) is 0 Å². The molecule has 0 atom stereocenters. The van der Waals surface area contributed by atoms with Gasteiger partial charge < -0.3 is 5.73 Å². The van der Waals surface area contributed by atoms with Gasteiger partial charge in [-0.15, -0.1) is 0 Å². The van der Waals surface area contributed by atoms with Gasteiger partial charge in [0.2, 0.25) is 0 Å². The number of hydrogen-bond acceptors (Lipinski definition) is 7. The molecule has 0 unspecified atom stereocenters. The van der Waals surface area contributed by atoms with Crippen molar-refractivity contribution in [2.45, 2.75) is 13.2 Å². The fourth-order valence-electron chi connectivity index (χ4n) is 1.26. The van der Waals surface area contributed by atoms with E-state index in [0.717, 1.165) is 12.5 Å². The van der Waals surface area contributed by atoms with Gasteiger partial charge in [-0.25, -0.2) is 0 Å². The van der Waals surface area contributed by atoms with Gasteiger partial charge in [0, 0.05) is 16.8 Å². The highest BCUT2D eigenvalue weighted by Gasteiger charge is 2.10. The van der Waals surface area contributed by atoms with Crippen LogP contribution in [0, 0.1) is 0 Å². The van der Waals surface area contributed by atoms with Crippen LogP contribution in [0.15, 0.2) is 18.2 Å². The Labute approximate surface area is 112 Å². The van der Waals surface area contributed by atoms with Crippen LogP contribution in [0.4, 0.5) is 5.69 Å². The SMILES string of the molecule is CS(=O)(=O)OCc1cccc(COS(C)(=O)=O)c1N. The maximum absolute atomic E-state index is 10.9. The highest BCUT2D eigenvalue weighted by atomic mass is 32.2. The summed E-state index contributed by atoms with van der Waals surface area (Å²) in [5.74, 6) is 0. The van der Waals surface area contributed by atoms with Crippen LogP contribution in [0.5, 0.6) is 0 Å². The van der Waals surface area contributed by atoms with Gasteiger partial charge in [0.1, 0.15) is 0 Å². The lowest BCUT2D eigenvalue weighted by Gasteiger charge is -2.10. The zero-order chi connectivity index (χ0) is 14.7. The summed E-state index contributed by atoms with van der Waals surface area (Å²) in [6.07, 6.45) is 1.86. The van der Waals surface area contributed by atoms with Gasteiger partial charge >= 0.3 is 0 Å². The zero-order valence-corrected chi connectivity index (χ0v) is 12.1. The van der Waals surface area contributed by atoms with Crippen LogP contribution in [-0.4, -0.2) is 29.3 Å². The molecule has 108 valence electrons. The highest BCUT2D eigenvalue weighted by molar-refractivity contribution is 7.86. The van der Waals surface area contributed by atoms with Crippen LogP contribution in [-0.2, 0) is 41.8 Å². The van der Waals surface area contributed by atoms with Crippen molar-refractivity contribution in [1.29, 1.82) is 0 Å². The molecule has 0 saturated carbocycles. The van der Waals surface area contributed by atoms with E-state index in [0.29, 0.717) is 11.1 Å². The van der Waals surface area contributed by atoms with E-state index in [2.05, 4.69) is 8.37 Å². The first-order chi connectivity index (χ1) is 8.58. The number of nitrogen functional groups attached to an aromatic ring is 1. The Morgan fingerprint density at radius 1 is 0.947 bits per heavy atom. The molecule has 1 rings (SSSR count). The van der Waals surface area contributed by atoms with Gasteiger partial charge in [0.05, 0.1) is 25.7 Å². The Morgan fingerprint density at radius 3 is 1.63 bits per heavy atom.